The van der Waals surface area contributed by atoms with Crippen LogP contribution in [-0.2, 0) is 17.5 Å². The molecule has 47 heavy (non-hydrogen) atoms. The number of alkyl halides is 3. The van der Waals surface area contributed by atoms with Crippen molar-refractivity contribution in [2.45, 2.75) is 65.9 Å². The van der Waals surface area contributed by atoms with E-state index in [-0.39, 0.29) is 11.5 Å². The fraction of sp³-hybridized carbons (Fsp3) is 0.263. The van der Waals surface area contributed by atoms with Gasteiger partial charge in [0.05, 0.1) is 17.2 Å². The van der Waals surface area contributed by atoms with Crippen LogP contribution in [0.2, 0.25) is 0 Å². The SMILES string of the molecule is Cc1c(C)n(Cc2ccc(-c3ccccc3C(=O)OC(C)(C)C)cc2)c2ccc(C(=O)NC(C)c3ccc(C(F)(F)F)cc3F)cc12. The third-order valence-electron chi connectivity index (χ3n) is 8.19. The molecule has 1 N–H and O–H groups in total. The maximum Gasteiger partial charge on any atom is 0.416 e. The molecule has 1 amide bonds. The monoisotopic (exact) mass is 644 g/mol. The van der Waals surface area contributed by atoms with Crippen molar-refractivity contribution < 1.29 is 31.9 Å². The van der Waals surface area contributed by atoms with Crippen molar-refractivity contribution in [2.75, 3.05) is 0 Å². The highest BCUT2D eigenvalue weighted by molar-refractivity contribution is 5.99. The number of halogens is 4. The maximum atomic E-state index is 14.5. The Hall–Kier alpha value is -4.92. The molecule has 244 valence electrons. The molecule has 4 aromatic carbocycles. The van der Waals surface area contributed by atoms with Crippen LogP contribution in [0.15, 0.2) is 84.9 Å². The number of rotatable bonds is 7. The van der Waals surface area contributed by atoms with E-state index in [0.717, 1.165) is 51.0 Å². The van der Waals surface area contributed by atoms with Gasteiger partial charge in [0.25, 0.3) is 5.91 Å². The molecule has 1 heterocycles. The summed E-state index contributed by atoms with van der Waals surface area (Å²) in [5.41, 5.74) is 4.78. The number of aromatic nitrogens is 1. The molecule has 0 spiro atoms. The third-order valence-corrected chi connectivity index (χ3v) is 8.19. The predicted molar refractivity (Wildman–Crippen MR) is 175 cm³/mol. The van der Waals surface area contributed by atoms with E-state index in [1.165, 1.54) is 6.92 Å². The summed E-state index contributed by atoms with van der Waals surface area (Å²) in [5, 5.41) is 3.58. The largest absolute Gasteiger partial charge is 0.456 e. The van der Waals surface area contributed by atoms with Crippen LogP contribution in [0, 0.1) is 19.7 Å². The standard InChI is InChI=1S/C38H36F4N2O3/c1-22-24(3)44(21-25-11-13-26(14-12-25)30-9-7-8-10-31(30)36(46)47-37(4,5)6)34-18-15-27(19-32(22)34)35(45)43-23(2)29-17-16-28(20-33(29)39)38(40,41)42/h7-20,23H,21H2,1-6H3,(H,43,45). The molecule has 5 rings (SSSR count). The molecule has 5 aromatic rings. The third kappa shape index (κ3) is 7.24. The molecule has 0 saturated heterocycles. The first-order chi connectivity index (χ1) is 22.0. The van der Waals surface area contributed by atoms with Crippen molar-refractivity contribution in [1.29, 1.82) is 0 Å². The molecule has 0 bridgehead atoms. The zero-order chi connectivity index (χ0) is 34.3. The Bertz CT molecular complexity index is 1970. The van der Waals surface area contributed by atoms with Gasteiger partial charge in [-0.25, -0.2) is 9.18 Å². The number of benzene rings is 4. The summed E-state index contributed by atoms with van der Waals surface area (Å²) in [6.07, 6.45) is -4.66. The number of nitrogens with one attached hydrogen (secondary N) is 1. The van der Waals surface area contributed by atoms with Crippen LogP contribution >= 0.6 is 0 Å². The summed E-state index contributed by atoms with van der Waals surface area (Å²) >= 11 is 0. The summed E-state index contributed by atoms with van der Waals surface area (Å²) in [4.78, 5) is 26.0. The molecule has 1 unspecified atom stereocenters. The highest BCUT2D eigenvalue weighted by atomic mass is 19.4. The number of hydrogen-bond acceptors (Lipinski definition) is 3. The van der Waals surface area contributed by atoms with Gasteiger partial charge in [-0.15, -0.1) is 0 Å². The minimum atomic E-state index is -4.66. The number of carbonyl (C=O) groups is 2. The number of amides is 1. The molecule has 0 aliphatic carbocycles. The van der Waals surface area contributed by atoms with Crippen molar-refractivity contribution >= 4 is 22.8 Å². The highest BCUT2D eigenvalue weighted by Crippen LogP contribution is 2.32. The van der Waals surface area contributed by atoms with Crippen LogP contribution in [0.5, 0.6) is 0 Å². The second-order valence-corrected chi connectivity index (χ2v) is 12.7. The van der Waals surface area contributed by atoms with Gasteiger partial charge >= 0.3 is 12.1 Å². The van der Waals surface area contributed by atoms with Gasteiger partial charge in [-0.05, 0) is 100 Å². The van der Waals surface area contributed by atoms with Crippen molar-refractivity contribution in [3.05, 3.63) is 130 Å². The first-order valence-electron chi connectivity index (χ1n) is 15.2. The Balaban J connectivity index is 1.35. The number of fused-ring (bicyclic) bond motifs is 1. The smallest absolute Gasteiger partial charge is 0.416 e. The van der Waals surface area contributed by atoms with Crippen LogP contribution < -0.4 is 5.32 Å². The number of carbonyl (C=O) groups excluding carboxylic acids is 2. The first-order valence-corrected chi connectivity index (χ1v) is 15.2. The molecule has 0 fully saturated rings. The number of esters is 1. The number of ether oxygens (including phenoxy) is 1. The van der Waals surface area contributed by atoms with Crippen molar-refractivity contribution in [3.63, 3.8) is 0 Å². The lowest BCUT2D eigenvalue weighted by Gasteiger charge is -2.20. The van der Waals surface area contributed by atoms with Gasteiger partial charge in [0, 0.05) is 34.3 Å². The van der Waals surface area contributed by atoms with Crippen LogP contribution in [0.1, 0.15) is 82.4 Å². The van der Waals surface area contributed by atoms with Gasteiger partial charge in [-0.2, -0.15) is 13.2 Å². The van der Waals surface area contributed by atoms with Crippen LogP contribution in [0.4, 0.5) is 17.6 Å². The van der Waals surface area contributed by atoms with E-state index in [0.29, 0.717) is 23.7 Å². The van der Waals surface area contributed by atoms with E-state index in [1.54, 1.807) is 18.2 Å². The minimum absolute atomic E-state index is 0.0371. The lowest BCUT2D eigenvalue weighted by atomic mass is 9.98. The predicted octanol–water partition coefficient (Wildman–Crippen LogP) is 9.58. The van der Waals surface area contributed by atoms with Crippen LogP contribution in [-0.4, -0.2) is 22.0 Å². The van der Waals surface area contributed by atoms with Crippen LogP contribution in [0.3, 0.4) is 0 Å². The molecule has 0 saturated carbocycles. The number of nitrogens with zero attached hydrogens (tertiary/aromatic N) is 1. The van der Waals surface area contributed by atoms with Gasteiger partial charge in [-0.3, -0.25) is 4.79 Å². The molecular weight excluding hydrogens is 608 g/mol. The van der Waals surface area contributed by atoms with Crippen molar-refractivity contribution in [2.24, 2.45) is 0 Å². The lowest BCUT2D eigenvalue weighted by molar-refractivity contribution is -0.137. The van der Waals surface area contributed by atoms with Gasteiger partial charge < -0.3 is 14.6 Å². The first kappa shape index (κ1) is 33.4. The molecule has 0 aliphatic heterocycles. The zero-order valence-electron chi connectivity index (χ0n) is 27.1. The topological polar surface area (TPSA) is 60.3 Å². The van der Waals surface area contributed by atoms with E-state index in [4.69, 9.17) is 4.74 Å². The Morgan fingerprint density at radius 3 is 2.21 bits per heavy atom. The lowest BCUT2D eigenvalue weighted by Crippen LogP contribution is -2.27. The zero-order valence-corrected chi connectivity index (χ0v) is 27.1. The van der Waals surface area contributed by atoms with E-state index < -0.39 is 35.1 Å². The highest BCUT2D eigenvalue weighted by Gasteiger charge is 2.31. The summed E-state index contributed by atoms with van der Waals surface area (Å²) in [6, 6.07) is 22.1. The van der Waals surface area contributed by atoms with E-state index in [9.17, 15) is 27.2 Å². The number of aryl methyl sites for hydroxylation is 1. The van der Waals surface area contributed by atoms with Crippen molar-refractivity contribution in [1.82, 2.24) is 9.88 Å². The van der Waals surface area contributed by atoms with Gasteiger partial charge in [0.15, 0.2) is 0 Å². The maximum absolute atomic E-state index is 14.5. The fourth-order valence-electron chi connectivity index (χ4n) is 5.63. The molecule has 1 aromatic heterocycles. The summed E-state index contributed by atoms with van der Waals surface area (Å²) in [7, 11) is 0. The minimum Gasteiger partial charge on any atom is -0.456 e. The van der Waals surface area contributed by atoms with E-state index in [1.807, 2.05) is 83.1 Å². The van der Waals surface area contributed by atoms with Gasteiger partial charge in [-0.1, -0.05) is 48.5 Å². The van der Waals surface area contributed by atoms with E-state index in [2.05, 4.69) is 9.88 Å². The van der Waals surface area contributed by atoms with Gasteiger partial charge in [0.2, 0.25) is 0 Å². The fourth-order valence-corrected chi connectivity index (χ4v) is 5.63. The second kappa shape index (κ2) is 12.7. The Labute approximate surface area is 271 Å². The Kier molecular flexibility index (Phi) is 9.04. The molecule has 0 aliphatic rings. The summed E-state index contributed by atoms with van der Waals surface area (Å²) in [6.45, 7) is 11.6. The molecule has 9 heteroatoms. The van der Waals surface area contributed by atoms with Gasteiger partial charge in [0.1, 0.15) is 11.4 Å². The molecule has 0 radical (unpaired) electrons. The quantitative estimate of drug-likeness (QED) is 0.142. The Morgan fingerprint density at radius 2 is 1.57 bits per heavy atom. The second-order valence-electron chi connectivity index (χ2n) is 12.7. The normalized spacial score (nSPS) is 12.6. The summed E-state index contributed by atoms with van der Waals surface area (Å²) < 4.78 is 61.1. The molecular formula is C38H36F4N2O3. The van der Waals surface area contributed by atoms with E-state index >= 15 is 0 Å². The Morgan fingerprint density at radius 1 is 0.894 bits per heavy atom. The molecule has 1 atom stereocenters. The number of hydrogen-bond donors (Lipinski definition) is 1. The average Bonchev–Trinajstić information content (AvgIpc) is 3.24. The van der Waals surface area contributed by atoms with Crippen molar-refractivity contribution in [3.8, 4) is 11.1 Å². The van der Waals surface area contributed by atoms with Crippen LogP contribution in [0.25, 0.3) is 22.0 Å². The summed E-state index contributed by atoms with van der Waals surface area (Å²) in [5.74, 6) is -1.88. The molecule has 5 nitrogen and oxygen atoms in total. The average molecular weight is 645 g/mol.